The Balaban J connectivity index is 1.55. The van der Waals surface area contributed by atoms with Gasteiger partial charge in [0.25, 0.3) is 0 Å². The smallest absolute Gasteiger partial charge is 0.168 e. The van der Waals surface area contributed by atoms with Crippen LogP contribution in [0.5, 0.6) is 17.2 Å². The summed E-state index contributed by atoms with van der Waals surface area (Å²) in [6, 6.07) is 12.0. The first-order valence-electron chi connectivity index (χ1n) is 10.5. The van der Waals surface area contributed by atoms with E-state index >= 15 is 0 Å². The summed E-state index contributed by atoms with van der Waals surface area (Å²) in [6.45, 7) is 3.02. The Bertz CT molecular complexity index is 1270. The Morgan fingerprint density at radius 3 is 2.41 bits per heavy atom. The molecule has 0 radical (unpaired) electrons. The van der Waals surface area contributed by atoms with E-state index < -0.39 is 0 Å². The van der Waals surface area contributed by atoms with E-state index in [9.17, 15) is 0 Å². The molecule has 1 aliphatic rings. The summed E-state index contributed by atoms with van der Waals surface area (Å²) in [6.07, 6.45) is 4.33. The molecule has 0 N–H and O–H groups in total. The fourth-order valence-corrected chi connectivity index (χ4v) is 4.41. The third-order valence-corrected chi connectivity index (χ3v) is 6.12. The summed E-state index contributed by atoms with van der Waals surface area (Å²) in [5.41, 5.74) is 4.17. The zero-order valence-electron chi connectivity index (χ0n) is 18.6. The Hall–Kier alpha value is -3.81. The highest BCUT2D eigenvalue weighted by molar-refractivity contribution is 5.88. The van der Waals surface area contributed by atoms with Crippen LogP contribution >= 0.6 is 0 Å². The average molecular weight is 431 g/mol. The standard InChI is InChI=1S/C24H25N5O3/c1-15-19-12-22(32-4)21(31-3)11-16(19)9-10-28(15)23-20-13-27-29(24(20)26-14-25-23)17-5-7-18(30-2)8-6-17/h5-8,11-15H,9-10H2,1-4H3/t15-/m1/s1. The normalized spacial score (nSPS) is 15.5. The number of hydrogen-bond donors (Lipinski definition) is 0. The third kappa shape index (κ3) is 3.19. The van der Waals surface area contributed by atoms with Crippen LogP contribution in [0.1, 0.15) is 24.1 Å². The minimum atomic E-state index is 0.112. The number of anilines is 1. The van der Waals surface area contributed by atoms with Gasteiger partial charge in [-0.25, -0.2) is 14.6 Å². The maximum atomic E-state index is 5.54. The van der Waals surface area contributed by atoms with Crippen molar-refractivity contribution < 1.29 is 14.2 Å². The lowest BCUT2D eigenvalue weighted by Crippen LogP contribution is -2.34. The summed E-state index contributed by atoms with van der Waals surface area (Å²) in [5.74, 6) is 3.17. The lowest BCUT2D eigenvalue weighted by atomic mass is 9.92. The molecule has 0 saturated carbocycles. The van der Waals surface area contributed by atoms with Gasteiger partial charge in [-0.15, -0.1) is 0 Å². The van der Waals surface area contributed by atoms with Crippen molar-refractivity contribution in [3.05, 3.63) is 60.0 Å². The second-order valence-corrected chi connectivity index (χ2v) is 7.71. The number of benzene rings is 2. The van der Waals surface area contributed by atoms with Gasteiger partial charge in [0.1, 0.15) is 17.9 Å². The molecule has 2 aromatic carbocycles. The van der Waals surface area contributed by atoms with Gasteiger partial charge >= 0.3 is 0 Å². The minimum absolute atomic E-state index is 0.112. The van der Waals surface area contributed by atoms with Crippen LogP contribution < -0.4 is 19.1 Å². The van der Waals surface area contributed by atoms with Crippen LogP contribution in [0.15, 0.2) is 48.9 Å². The van der Waals surface area contributed by atoms with Crippen molar-refractivity contribution in [2.24, 2.45) is 0 Å². The van der Waals surface area contributed by atoms with Crippen molar-refractivity contribution in [3.8, 4) is 22.9 Å². The fraction of sp³-hybridized carbons (Fsp3) is 0.292. The van der Waals surface area contributed by atoms with E-state index in [-0.39, 0.29) is 6.04 Å². The van der Waals surface area contributed by atoms with Gasteiger partial charge in [-0.1, -0.05) is 0 Å². The Morgan fingerprint density at radius 1 is 0.938 bits per heavy atom. The van der Waals surface area contributed by atoms with Crippen molar-refractivity contribution in [2.75, 3.05) is 32.8 Å². The molecule has 32 heavy (non-hydrogen) atoms. The van der Waals surface area contributed by atoms with Crippen molar-refractivity contribution in [3.63, 3.8) is 0 Å². The van der Waals surface area contributed by atoms with Crippen LogP contribution in [0, 0.1) is 0 Å². The zero-order chi connectivity index (χ0) is 22.2. The molecule has 0 amide bonds. The van der Waals surface area contributed by atoms with E-state index in [1.54, 1.807) is 27.7 Å². The molecule has 0 aliphatic carbocycles. The first kappa shape index (κ1) is 20.1. The van der Waals surface area contributed by atoms with E-state index in [1.165, 1.54) is 11.1 Å². The molecule has 1 atom stereocenters. The number of fused-ring (bicyclic) bond motifs is 2. The Labute approximate surface area is 186 Å². The number of hydrogen-bond acceptors (Lipinski definition) is 7. The fourth-order valence-electron chi connectivity index (χ4n) is 4.41. The molecule has 4 aromatic rings. The highest BCUT2D eigenvalue weighted by atomic mass is 16.5. The highest BCUT2D eigenvalue weighted by Crippen LogP contribution is 2.40. The second kappa shape index (κ2) is 8.03. The van der Waals surface area contributed by atoms with Crippen molar-refractivity contribution in [1.82, 2.24) is 19.7 Å². The summed E-state index contributed by atoms with van der Waals surface area (Å²) < 4.78 is 18.1. The summed E-state index contributed by atoms with van der Waals surface area (Å²) in [4.78, 5) is 11.5. The second-order valence-electron chi connectivity index (χ2n) is 7.71. The molecule has 5 rings (SSSR count). The number of aromatic nitrogens is 4. The molecule has 0 bridgehead atoms. The lowest BCUT2D eigenvalue weighted by Gasteiger charge is -2.36. The minimum Gasteiger partial charge on any atom is -0.497 e. The number of nitrogens with zero attached hydrogens (tertiary/aromatic N) is 5. The molecular formula is C24H25N5O3. The van der Waals surface area contributed by atoms with Gasteiger partial charge in [0.05, 0.1) is 44.6 Å². The molecular weight excluding hydrogens is 406 g/mol. The zero-order valence-corrected chi connectivity index (χ0v) is 18.6. The highest BCUT2D eigenvalue weighted by Gasteiger charge is 2.28. The predicted octanol–water partition coefficient (Wildman–Crippen LogP) is 3.97. The van der Waals surface area contributed by atoms with Crippen LogP contribution in [0.2, 0.25) is 0 Å². The molecule has 0 spiro atoms. The van der Waals surface area contributed by atoms with Gasteiger partial charge in [0.15, 0.2) is 17.1 Å². The van der Waals surface area contributed by atoms with Gasteiger partial charge in [0.2, 0.25) is 0 Å². The van der Waals surface area contributed by atoms with Gasteiger partial charge in [-0.05, 0) is 60.9 Å². The number of methoxy groups -OCH3 is 3. The average Bonchev–Trinajstić information content (AvgIpc) is 3.28. The van der Waals surface area contributed by atoms with E-state index in [2.05, 4.69) is 39.0 Å². The van der Waals surface area contributed by atoms with Crippen molar-refractivity contribution in [1.29, 1.82) is 0 Å². The molecule has 3 heterocycles. The van der Waals surface area contributed by atoms with Gasteiger partial charge in [-0.3, -0.25) is 0 Å². The van der Waals surface area contributed by atoms with E-state index in [4.69, 9.17) is 14.2 Å². The number of rotatable bonds is 5. The third-order valence-electron chi connectivity index (χ3n) is 6.12. The SMILES string of the molecule is COc1ccc(-n2ncc3c(N4CCc5cc(OC)c(OC)cc5[C@H]4C)ncnc32)cc1. The Morgan fingerprint density at radius 2 is 1.69 bits per heavy atom. The maximum Gasteiger partial charge on any atom is 0.168 e. The summed E-state index contributed by atoms with van der Waals surface area (Å²) in [7, 11) is 4.99. The molecule has 0 fully saturated rings. The van der Waals surface area contributed by atoms with Gasteiger partial charge in [0, 0.05) is 6.54 Å². The van der Waals surface area contributed by atoms with Crippen LogP contribution in [0.4, 0.5) is 5.82 Å². The van der Waals surface area contributed by atoms with Crippen LogP contribution in [0.25, 0.3) is 16.7 Å². The quantitative estimate of drug-likeness (QED) is 0.473. The molecule has 2 aromatic heterocycles. The van der Waals surface area contributed by atoms with Crippen molar-refractivity contribution in [2.45, 2.75) is 19.4 Å². The van der Waals surface area contributed by atoms with E-state index in [0.717, 1.165) is 52.8 Å². The van der Waals surface area contributed by atoms with Gasteiger partial charge < -0.3 is 19.1 Å². The first-order valence-corrected chi connectivity index (χ1v) is 10.5. The lowest BCUT2D eigenvalue weighted by molar-refractivity contribution is 0.353. The Kier molecular flexibility index (Phi) is 5.05. The van der Waals surface area contributed by atoms with E-state index in [0.29, 0.717) is 0 Å². The van der Waals surface area contributed by atoms with Crippen molar-refractivity contribution >= 4 is 16.9 Å². The van der Waals surface area contributed by atoms with Crippen LogP contribution in [-0.4, -0.2) is 47.6 Å². The first-order chi connectivity index (χ1) is 15.6. The van der Waals surface area contributed by atoms with Crippen LogP contribution in [0.3, 0.4) is 0 Å². The molecule has 1 aliphatic heterocycles. The molecule has 164 valence electrons. The monoisotopic (exact) mass is 431 g/mol. The summed E-state index contributed by atoms with van der Waals surface area (Å²) >= 11 is 0. The van der Waals surface area contributed by atoms with Crippen LogP contribution in [-0.2, 0) is 6.42 Å². The largest absolute Gasteiger partial charge is 0.497 e. The summed E-state index contributed by atoms with van der Waals surface area (Å²) in [5, 5.41) is 5.52. The maximum absolute atomic E-state index is 5.54. The van der Waals surface area contributed by atoms with E-state index in [1.807, 2.05) is 35.1 Å². The topological polar surface area (TPSA) is 74.5 Å². The predicted molar refractivity (Wildman–Crippen MR) is 122 cm³/mol. The number of ether oxygens (including phenoxy) is 3. The molecule has 8 nitrogen and oxygen atoms in total. The van der Waals surface area contributed by atoms with Gasteiger partial charge in [-0.2, -0.15) is 5.10 Å². The molecule has 0 saturated heterocycles. The molecule has 8 heteroatoms. The molecule has 0 unspecified atom stereocenters.